The lowest BCUT2D eigenvalue weighted by atomic mass is 9.82. The molecule has 0 unspecified atom stereocenters. The van der Waals surface area contributed by atoms with Crippen LogP contribution in [0.2, 0.25) is 0 Å². The van der Waals surface area contributed by atoms with Gasteiger partial charge in [-0.1, -0.05) is 13.0 Å². The van der Waals surface area contributed by atoms with Crippen molar-refractivity contribution >= 4 is 5.69 Å². The maximum Gasteiger partial charge on any atom is 0.129 e. The van der Waals surface area contributed by atoms with Crippen LogP contribution in [-0.2, 0) is 6.54 Å². The molecule has 1 fully saturated rings. The summed E-state index contributed by atoms with van der Waals surface area (Å²) in [6, 6.07) is 5.23. The van der Waals surface area contributed by atoms with Gasteiger partial charge in [-0.05, 0) is 37.4 Å². The average molecular weight is 266 g/mol. The third kappa shape index (κ3) is 3.45. The normalized spacial score (nSPS) is 22.1. The zero-order chi connectivity index (χ0) is 13.8. The van der Waals surface area contributed by atoms with Gasteiger partial charge < -0.3 is 15.3 Å². The molecule has 0 bridgehead atoms. The standard InChI is InChI=1S/C15H23FN2O/c1-3-17-9-13-14(16)5-4-6-15(13)18(2)10-11-7-12(19)8-11/h4-6,11-12,17,19H,3,7-10H2,1-2H3. The fourth-order valence-corrected chi connectivity index (χ4v) is 2.67. The van der Waals surface area contributed by atoms with Crippen LogP contribution in [0.4, 0.5) is 10.1 Å². The molecule has 1 aliphatic carbocycles. The van der Waals surface area contributed by atoms with Gasteiger partial charge in [0.15, 0.2) is 0 Å². The van der Waals surface area contributed by atoms with Crippen LogP contribution in [0.25, 0.3) is 0 Å². The topological polar surface area (TPSA) is 35.5 Å². The number of rotatable bonds is 6. The van der Waals surface area contributed by atoms with E-state index in [0.29, 0.717) is 12.5 Å². The van der Waals surface area contributed by atoms with Gasteiger partial charge in [-0.2, -0.15) is 0 Å². The molecule has 0 aromatic heterocycles. The van der Waals surface area contributed by atoms with Crippen LogP contribution in [0.1, 0.15) is 25.3 Å². The molecule has 19 heavy (non-hydrogen) atoms. The predicted molar refractivity (Wildman–Crippen MR) is 75.8 cm³/mol. The van der Waals surface area contributed by atoms with Crippen LogP contribution in [0, 0.1) is 11.7 Å². The van der Waals surface area contributed by atoms with Crippen LogP contribution in [0.15, 0.2) is 18.2 Å². The quantitative estimate of drug-likeness (QED) is 0.828. The van der Waals surface area contributed by atoms with E-state index < -0.39 is 0 Å². The van der Waals surface area contributed by atoms with E-state index in [-0.39, 0.29) is 11.9 Å². The third-order valence-corrected chi connectivity index (χ3v) is 3.80. The molecule has 0 radical (unpaired) electrons. The highest BCUT2D eigenvalue weighted by atomic mass is 19.1. The first-order valence-electron chi connectivity index (χ1n) is 6.99. The Labute approximate surface area is 114 Å². The Morgan fingerprint density at radius 3 is 2.79 bits per heavy atom. The van der Waals surface area contributed by atoms with Gasteiger partial charge in [0, 0.05) is 31.4 Å². The molecular weight excluding hydrogens is 243 g/mol. The fourth-order valence-electron chi connectivity index (χ4n) is 2.67. The van der Waals surface area contributed by atoms with E-state index in [2.05, 4.69) is 10.2 Å². The van der Waals surface area contributed by atoms with Crippen molar-refractivity contribution in [2.24, 2.45) is 5.92 Å². The van der Waals surface area contributed by atoms with Crippen LogP contribution in [0.3, 0.4) is 0 Å². The van der Waals surface area contributed by atoms with Crippen molar-refractivity contribution in [3.05, 3.63) is 29.6 Å². The molecule has 1 aliphatic rings. The molecule has 0 atom stereocenters. The van der Waals surface area contributed by atoms with Crippen molar-refractivity contribution in [1.29, 1.82) is 0 Å². The van der Waals surface area contributed by atoms with Gasteiger partial charge in [0.1, 0.15) is 5.82 Å². The lowest BCUT2D eigenvalue weighted by Crippen LogP contribution is -2.37. The minimum absolute atomic E-state index is 0.132. The number of hydrogen-bond donors (Lipinski definition) is 2. The number of benzene rings is 1. The summed E-state index contributed by atoms with van der Waals surface area (Å²) >= 11 is 0. The number of hydrogen-bond acceptors (Lipinski definition) is 3. The minimum Gasteiger partial charge on any atom is -0.393 e. The van der Waals surface area contributed by atoms with Crippen LogP contribution >= 0.6 is 0 Å². The van der Waals surface area contributed by atoms with E-state index in [1.807, 2.05) is 20.0 Å². The van der Waals surface area contributed by atoms with E-state index in [9.17, 15) is 9.50 Å². The maximum absolute atomic E-state index is 13.9. The summed E-state index contributed by atoms with van der Waals surface area (Å²) < 4.78 is 13.9. The summed E-state index contributed by atoms with van der Waals surface area (Å²) in [5, 5.41) is 12.5. The Morgan fingerprint density at radius 1 is 1.42 bits per heavy atom. The van der Waals surface area contributed by atoms with Gasteiger partial charge in [-0.3, -0.25) is 0 Å². The second kappa shape index (κ2) is 6.35. The molecule has 3 nitrogen and oxygen atoms in total. The summed E-state index contributed by atoms with van der Waals surface area (Å²) in [6.45, 7) is 4.27. The van der Waals surface area contributed by atoms with E-state index >= 15 is 0 Å². The van der Waals surface area contributed by atoms with Crippen LogP contribution in [0.5, 0.6) is 0 Å². The molecule has 4 heteroatoms. The molecule has 106 valence electrons. The molecule has 1 aromatic carbocycles. The largest absolute Gasteiger partial charge is 0.393 e. The summed E-state index contributed by atoms with van der Waals surface area (Å²) in [5.41, 5.74) is 1.68. The Bertz CT molecular complexity index is 419. The van der Waals surface area contributed by atoms with Crippen LogP contribution in [-0.4, -0.2) is 31.3 Å². The highest BCUT2D eigenvalue weighted by molar-refractivity contribution is 5.53. The number of nitrogens with one attached hydrogen (secondary N) is 1. The number of anilines is 1. The Hall–Kier alpha value is -1.13. The Kier molecular flexibility index (Phi) is 4.77. The first-order chi connectivity index (χ1) is 9.11. The minimum atomic E-state index is -0.154. The number of aliphatic hydroxyl groups is 1. The summed E-state index contributed by atoms with van der Waals surface area (Å²) in [5.74, 6) is 0.370. The zero-order valence-electron chi connectivity index (χ0n) is 11.7. The fraction of sp³-hybridized carbons (Fsp3) is 0.600. The molecule has 1 saturated carbocycles. The molecule has 0 spiro atoms. The molecule has 0 amide bonds. The second-order valence-corrected chi connectivity index (χ2v) is 5.39. The summed E-state index contributed by atoms with van der Waals surface area (Å²) in [7, 11) is 1.99. The maximum atomic E-state index is 13.9. The second-order valence-electron chi connectivity index (χ2n) is 5.39. The molecule has 2 N–H and O–H groups in total. The Balaban J connectivity index is 2.06. The Morgan fingerprint density at radius 2 is 2.16 bits per heavy atom. The highest BCUT2D eigenvalue weighted by Gasteiger charge is 2.28. The monoisotopic (exact) mass is 266 g/mol. The molecule has 0 aliphatic heterocycles. The van der Waals surface area contributed by atoms with Crippen molar-refractivity contribution in [2.45, 2.75) is 32.4 Å². The average Bonchev–Trinajstić information content (AvgIpc) is 2.35. The summed E-state index contributed by atoms with van der Waals surface area (Å²) in [6.07, 6.45) is 1.59. The first-order valence-corrected chi connectivity index (χ1v) is 6.99. The molecule has 2 rings (SSSR count). The molecular formula is C15H23FN2O. The van der Waals surface area contributed by atoms with E-state index in [1.54, 1.807) is 6.07 Å². The van der Waals surface area contributed by atoms with Crippen LogP contribution < -0.4 is 10.2 Å². The van der Waals surface area contributed by atoms with Crippen molar-refractivity contribution < 1.29 is 9.50 Å². The molecule has 0 saturated heterocycles. The SMILES string of the molecule is CCNCc1c(F)cccc1N(C)CC1CC(O)C1. The lowest BCUT2D eigenvalue weighted by Gasteiger charge is -2.35. The van der Waals surface area contributed by atoms with Crippen molar-refractivity contribution in [3.8, 4) is 0 Å². The van der Waals surface area contributed by atoms with Crippen molar-refractivity contribution in [3.63, 3.8) is 0 Å². The smallest absolute Gasteiger partial charge is 0.129 e. The van der Waals surface area contributed by atoms with E-state index in [0.717, 1.165) is 37.2 Å². The third-order valence-electron chi connectivity index (χ3n) is 3.80. The van der Waals surface area contributed by atoms with Gasteiger partial charge in [0.2, 0.25) is 0 Å². The lowest BCUT2D eigenvalue weighted by molar-refractivity contribution is 0.0464. The molecule has 1 aromatic rings. The van der Waals surface area contributed by atoms with Crippen molar-refractivity contribution in [2.75, 3.05) is 25.0 Å². The molecule has 0 heterocycles. The van der Waals surface area contributed by atoms with Gasteiger partial charge in [-0.25, -0.2) is 4.39 Å². The zero-order valence-corrected chi connectivity index (χ0v) is 11.7. The van der Waals surface area contributed by atoms with Gasteiger partial charge in [-0.15, -0.1) is 0 Å². The summed E-state index contributed by atoms with van der Waals surface area (Å²) in [4.78, 5) is 2.10. The highest BCUT2D eigenvalue weighted by Crippen LogP contribution is 2.30. The number of halogens is 1. The van der Waals surface area contributed by atoms with Gasteiger partial charge in [0.25, 0.3) is 0 Å². The first kappa shape index (κ1) is 14.3. The van der Waals surface area contributed by atoms with Gasteiger partial charge >= 0.3 is 0 Å². The van der Waals surface area contributed by atoms with Crippen molar-refractivity contribution in [1.82, 2.24) is 5.32 Å². The number of aliphatic hydroxyl groups excluding tert-OH is 1. The van der Waals surface area contributed by atoms with E-state index in [1.165, 1.54) is 6.07 Å². The van der Waals surface area contributed by atoms with Gasteiger partial charge in [0.05, 0.1) is 6.10 Å². The van der Waals surface area contributed by atoms with E-state index in [4.69, 9.17) is 0 Å². The number of nitrogens with zero attached hydrogens (tertiary/aromatic N) is 1. The predicted octanol–water partition coefficient (Wildman–Crippen LogP) is 2.14.